The molecule has 46 heavy (non-hydrogen) atoms. The van der Waals surface area contributed by atoms with Gasteiger partial charge in [0.1, 0.15) is 24.4 Å². The first-order valence-electron chi connectivity index (χ1n) is 13.3. The van der Waals surface area contributed by atoms with E-state index in [4.69, 9.17) is 34.5 Å². The first kappa shape index (κ1) is 32.4. The monoisotopic (exact) mass is 689 g/mol. The molecule has 0 spiro atoms. The van der Waals surface area contributed by atoms with Crippen molar-refractivity contribution in [1.29, 1.82) is 0 Å². The summed E-state index contributed by atoms with van der Waals surface area (Å²) in [4.78, 5) is 46.3. The minimum absolute atomic E-state index is 0.0618. The summed E-state index contributed by atoms with van der Waals surface area (Å²) < 4.78 is 53.7. The van der Waals surface area contributed by atoms with E-state index in [1.165, 1.54) is 16.9 Å². The van der Waals surface area contributed by atoms with Gasteiger partial charge in [-0.3, -0.25) is 23.4 Å². The van der Waals surface area contributed by atoms with Gasteiger partial charge in [-0.25, -0.2) is 19.2 Å². The van der Waals surface area contributed by atoms with Crippen molar-refractivity contribution in [3.8, 4) is 0 Å². The van der Waals surface area contributed by atoms with Gasteiger partial charge in [0.25, 0.3) is 5.56 Å². The third-order valence-electron chi connectivity index (χ3n) is 7.31. The third kappa shape index (κ3) is 5.99. The van der Waals surface area contributed by atoms with Crippen LogP contribution in [-0.4, -0.2) is 114 Å². The average Bonchev–Trinajstić information content (AvgIpc) is 3.75. The molecule has 248 valence electrons. The van der Waals surface area contributed by atoms with Crippen LogP contribution in [0.3, 0.4) is 0 Å². The predicted molar refractivity (Wildman–Crippen MR) is 149 cm³/mol. The number of hydrogen-bond acceptors (Lipinski definition) is 18. The zero-order chi connectivity index (χ0) is 32.9. The van der Waals surface area contributed by atoms with E-state index in [9.17, 15) is 39.0 Å². The number of rotatable bonds is 11. The molecule has 2 aliphatic heterocycles. The van der Waals surface area contributed by atoms with Crippen LogP contribution >= 0.6 is 16.1 Å². The Balaban J connectivity index is 1.17. The maximum Gasteiger partial charge on any atom is 0.695 e. The Morgan fingerprint density at radius 1 is 1.11 bits per heavy atom. The van der Waals surface area contributed by atoms with Crippen LogP contribution in [0.5, 0.6) is 0 Å². The molecular formula is C21H27N10O13P2+. The standard InChI is InChI=1S/C21H26N10O13P2/c22-16-10-7(1-3-24-16)31(29-28-10)19-13(34)14(43-45(36)37)8(41-19)2-4-40-46(38,39)44-15-12(33)9(5-32)42-20(15)30-6-25-11-17(30)26-21(23)27-18(11)35/h1,3,6,8-9,12-15,19-20,32-34H,2,4-5H2,(H6-,22,23,24,26,27,29,35,36,37,38,39)/p+1/t8-,9-,12-,13-,14-,15-,19-,20-/m1/s1. The van der Waals surface area contributed by atoms with Gasteiger partial charge in [0.05, 0.1) is 31.2 Å². The van der Waals surface area contributed by atoms with Crippen molar-refractivity contribution in [3.05, 3.63) is 28.9 Å². The van der Waals surface area contributed by atoms with Gasteiger partial charge in [0.15, 0.2) is 41.1 Å². The van der Waals surface area contributed by atoms with Crippen LogP contribution in [-0.2, 0) is 32.2 Å². The van der Waals surface area contributed by atoms with Crippen LogP contribution in [0, 0.1) is 0 Å². The molecular weight excluding hydrogens is 662 g/mol. The second-order valence-electron chi connectivity index (χ2n) is 10.1. The van der Waals surface area contributed by atoms with Crippen LogP contribution < -0.4 is 17.0 Å². The molecule has 0 aromatic carbocycles. The van der Waals surface area contributed by atoms with Gasteiger partial charge in [0.2, 0.25) is 5.95 Å². The van der Waals surface area contributed by atoms with Crippen LogP contribution in [0.25, 0.3) is 22.2 Å². The molecule has 2 unspecified atom stereocenters. The highest BCUT2D eigenvalue weighted by Crippen LogP contribution is 2.50. The zero-order valence-electron chi connectivity index (χ0n) is 23.2. The molecule has 0 radical (unpaired) electrons. The van der Waals surface area contributed by atoms with Gasteiger partial charge in [-0.15, -0.1) is 14.5 Å². The number of imidazole rings is 1. The van der Waals surface area contributed by atoms with Crippen molar-refractivity contribution in [2.45, 2.75) is 55.5 Å². The number of H-pyrrole nitrogens is 1. The van der Waals surface area contributed by atoms with E-state index in [0.717, 1.165) is 10.9 Å². The van der Waals surface area contributed by atoms with Gasteiger partial charge in [0, 0.05) is 17.2 Å². The second-order valence-corrected chi connectivity index (χ2v) is 12.2. The SMILES string of the molecule is Nc1nc2c(ncn2[C@@H]2O[C@H](CO)[C@@H](O)[C@H]2OP(=O)(O)OCC[C@H]2O[C@@H](n3nnc4c(N)nccc43)[C@H](O)[C@@H]2O[P+](=O)O)c(=O)[nH]1. The summed E-state index contributed by atoms with van der Waals surface area (Å²) in [6, 6.07) is 1.51. The molecule has 4 aromatic heterocycles. The minimum Gasteiger partial charge on any atom is -0.394 e. The molecule has 6 heterocycles. The van der Waals surface area contributed by atoms with E-state index in [1.54, 1.807) is 0 Å². The van der Waals surface area contributed by atoms with Gasteiger partial charge in [-0.2, -0.15) is 4.98 Å². The normalized spacial score (nSPS) is 29.9. The highest BCUT2D eigenvalue weighted by atomic mass is 31.2. The molecule has 2 fully saturated rings. The number of aromatic amines is 1. The zero-order valence-corrected chi connectivity index (χ0v) is 24.9. The lowest BCUT2D eigenvalue weighted by atomic mass is 10.1. The maximum atomic E-state index is 13.0. The van der Waals surface area contributed by atoms with Crippen LogP contribution in [0.15, 0.2) is 23.4 Å². The molecule has 10 N–H and O–H groups in total. The lowest BCUT2D eigenvalue weighted by molar-refractivity contribution is -0.0540. The van der Waals surface area contributed by atoms with Gasteiger partial charge in [-0.05, 0) is 6.07 Å². The van der Waals surface area contributed by atoms with Crippen molar-refractivity contribution in [3.63, 3.8) is 0 Å². The van der Waals surface area contributed by atoms with E-state index in [2.05, 4.69) is 30.2 Å². The number of nitrogens with zero attached hydrogens (tertiary/aromatic N) is 7. The number of phosphoric ester groups is 1. The number of fused-ring (bicyclic) bond motifs is 2. The molecule has 0 saturated carbocycles. The Hall–Kier alpha value is -3.57. The fraction of sp³-hybridized carbons (Fsp3) is 0.524. The number of phosphoric acid groups is 1. The Bertz CT molecular complexity index is 1870. The number of hydrogen-bond donors (Lipinski definition) is 8. The molecule has 0 bridgehead atoms. The summed E-state index contributed by atoms with van der Waals surface area (Å²) >= 11 is 0. The number of nitrogen functional groups attached to an aromatic ring is 2. The molecule has 25 heteroatoms. The molecule has 4 aromatic rings. The fourth-order valence-corrected chi connectivity index (χ4v) is 6.67. The number of pyridine rings is 1. The Morgan fingerprint density at radius 2 is 1.87 bits per heavy atom. The summed E-state index contributed by atoms with van der Waals surface area (Å²) in [5, 5.41) is 39.2. The third-order valence-corrected chi connectivity index (χ3v) is 8.75. The summed E-state index contributed by atoms with van der Waals surface area (Å²) in [6.45, 7) is -1.30. The summed E-state index contributed by atoms with van der Waals surface area (Å²) in [5.41, 5.74) is 11.1. The number of anilines is 2. The van der Waals surface area contributed by atoms with Crippen molar-refractivity contribution in [1.82, 2.24) is 39.5 Å². The topological polar surface area (TPSA) is 341 Å². The van der Waals surface area contributed by atoms with Gasteiger partial charge < -0.3 is 41.2 Å². The smallest absolute Gasteiger partial charge is 0.394 e. The first-order chi connectivity index (χ1) is 21.9. The minimum atomic E-state index is -5.04. The number of aromatic nitrogens is 8. The number of aliphatic hydroxyl groups is 3. The number of ether oxygens (including phenoxy) is 2. The quantitative estimate of drug-likeness (QED) is 0.0758. The molecule has 2 saturated heterocycles. The van der Waals surface area contributed by atoms with Crippen LogP contribution in [0.2, 0.25) is 0 Å². The Kier molecular flexibility index (Phi) is 8.84. The summed E-state index contributed by atoms with van der Waals surface area (Å²) in [6.07, 6.45) is -9.26. The van der Waals surface area contributed by atoms with E-state index in [-0.39, 0.29) is 34.9 Å². The first-order valence-corrected chi connectivity index (χ1v) is 16.0. The maximum absolute atomic E-state index is 13.0. The number of aliphatic hydroxyl groups excluding tert-OH is 3. The van der Waals surface area contributed by atoms with Gasteiger partial charge >= 0.3 is 16.1 Å². The van der Waals surface area contributed by atoms with Crippen molar-refractivity contribution < 1.29 is 57.3 Å². The Labute approximate surface area is 256 Å². The summed E-state index contributed by atoms with van der Waals surface area (Å²) in [7, 11) is -8.26. The highest BCUT2D eigenvalue weighted by Gasteiger charge is 2.52. The van der Waals surface area contributed by atoms with Crippen LogP contribution in [0.1, 0.15) is 18.9 Å². The van der Waals surface area contributed by atoms with E-state index in [1.807, 2.05) is 0 Å². The Morgan fingerprint density at radius 3 is 2.61 bits per heavy atom. The second kappa shape index (κ2) is 12.6. The molecule has 23 nitrogen and oxygen atoms in total. The molecule has 0 amide bonds. The highest BCUT2D eigenvalue weighted by molar-refractivity contribution is 7.47. The molecule has 6 rings (SSSR count). The fourth-order valence-electron chi connectivity index (χ4n) is 5.27. The number of nitrogens with one attached hydrogen (secondary N) is 1. The van der Waals surface area contributed by atoms with Crippen LogP contribution in [0.4, 0.5) is 11.8 Å². The van der Waals surface area contributed by atoms with Crippen molar-refractivity contribution in [2.24, 2.45) is 0 Å². The summed E-state index contributed by atoms with van der Waals surface area (Å²) in [5.74, 6) is -0.204. The van der Waals surface area contributed by atoms with Gasteiger partial charge in [-0.1, -0.05) is 5.21 Å². The molecule has 2 aliphatic rings. The largest absolute Gasteiger partial charge is 0.695 e. The van der Waals surface area contributed by atoms with E-state index >= 15 is 0 Å². The lowest BCUT2D eigenvalue weighted by Gasteiger charge is -2.24. The van der Waals surface area contributed by atoms with Crippen molar-refractivity contribution >= 4 is 50.0 Å². The number of nitrogens with two attached hydrogens (primary N) is 2. The van der Waals surface area contributed by atoms with E-state index in [0.29, 0.717) is 5.52 Å². The lowest BCUT2D eigenvalue weighted by Crippen LogP contribution is -2.35. The van der Waals surface area contributed by atoms with Crippen molar-refractivity contribution in [2.75, 3.05) is 24.7 Å². The molecule has 10 atom stereocenters. The molecule has 0 aliphatic carbocycles. The average molecular weight is 689 g/mol. The van der Waals surface area contributed by atoms with E-state index < -0.39 is 83.9 Å². The predicted octanol–water partition coefficient (Wildman–Crippen LogP) is -2.44.